The molecule has 1 aromatic heterocycles. The van der Waals surface area contributed by atoms with E-state index in [-0.39, 0.29) is 13.2 Å². The standard InChI is InChI=1S/C16H19NO4S/c1-3-9-20-15(18)13(16(19)21-10-4-2)14-17-11-7-5-6-8-12(11)22-14/h5-8,13H,3-4,9-10H2,1-2H3. The van der Waals surface area contributed by atoms with E-state index in [0.717, 1.165) is 10.2 Å². The van der Waals surface area contributed by atoms with E-state index in [1.807, 2.05) is 38.1 Å². The molecule has 118 valence electrons. The second-order valence-electron chi connectivity index (χ2n) is 4.79. The maximum atomic E-state index is 12.2. The molecule has 1 heterocycles. The number of ether oxygens (including phenoxy) is 2. The molecule has 22 heavy (non-hydrogen) atoms. The van der Waals surface area contributed by atoms with Crippen LogP contribution in [0.4, 0.5) is 0 Å². The molecule has 1 aromatic carbocycles. The molecule has 2 rings (SSSR count). The molecule has 0 spiro atoms. The van der Waals surface area contributed by atoms with E-state index in [9.17, 15) is 9.59 Å². The maximum Gasteiger partial charge on any atom is 0.327 e. The summed E-state index contributed by atoms with van der Waals surface area (Å²) in [6.07, 6.45) is 1.39. The van der Waals surface area contributed by atoms with Crippen LogP contribution in [-0.2, 0) is 19.1 Å². The molecule has 0 unspecified atom stereocenters. The number of thiazole rings is 1. The lowest BCUT2D eigenvalue weighted by Gasteiger charge is -2.12. The number of rotatable bonds is 7. The summed E-state index contributed by atoms with van der Waals surface area (Å²) in [6, 6.07) is 7.51. The summed E-state index contributed by atoms with van der Waals surface area (Å²) in [5, 5.41) is 0.420. The fourth-order valence-electron chi connectivity index (χ4n) is 1.88. The molecule has 5 nitrogen and oxygen atoms in total. The van der Waals surface area contributed by atoms with Crippen LogP contribution in [0.5, 0.6) is 0 Å². The molecule has 2 aromatic rings. The van der Waals surface area contributed by atoms with Gasteiger partial charge in [-0.3, -0.25) is 9.59 Å². The molecule has 0 saturated heterocycles. The minimum absolute atomic E-state index is 0.279. The number of hydrogen-bond acceptors (Lipinski definition) is 6. The number of para-hydroxylation sites is 1. The van der Waals surface area contributed by atoms with E-state index in [1.165, 1.54) is 11.3 Å². The second-order valence-corrected chi connectivity index (χ2v) is 5.85. The normalized spacial score (nSPS) is 10.9. The van der Waals surface area contributed by atoms with Crippen LogP contribution in [0, 0.1) is 0 Å². The molecular formula is C16H19NO4S. The van der Waals surface area contributed by atoms with Crippen molar-refractivity contribution in [1.29, 1.82) is 0 Å². The van der Waals surface area contributed by atoms with Gasteiger partial charge >= 0.3 is 11.9 Å². The zero-order chi connectivity index (χ0) is 15.9. The summed E-state index contributed by atoms with van der Waals surface area (Å²) in [7, 11) is 0. The van der Waals surface area contributed by atoms with Gasteiger partial charge in [-0.1, -0.05) is 26.0 Å². The maximum absolute atomic E-state index is 12.2. The first-order valence-electron chi connectivity index (χ1n) is 7.36. The molecule has 0 radical (unpaired) electrons. The molecule has 0 fully saturated rings. The summed E-state index contributed by atoms with van der Waals surface area (Å²) in [4.78, 5) is 28.8. The first kappa shape index (κ1) is 16.4. The fourth-order valence-corrected chi connectivity index (χ4v) is 2.93. The number of esters is 2. The van der Waals surface area contributed by atoms with Crippen molar-refractivity contribution in [2.45, 2.75) is 32.6 Å². The van der Waals surface area contributed by atoms with Crippen LogP contribution in [0.1, 0.15) is 37.6 Å². The van der Waals surface area contributed by atoms with Gasteiger partial charge in [-0.15, -0.1) is 11.3 Å². The van der Waals surface area contributed by atoms with Crippen molar-refractivity contribution in [3.8, 4) is 0 Å². The van der Waals surface area contributed by atoms with Gasteiger partial charge in [0.05, 0.1) is 23.4 Å². The molecule has 0 aliphatic carbocycles. The quantitative estimate of drug-likeness (QED) is 0.578. The van der Waals surface area contributed by atoms with E-state index >= 15 is 0 Å². The first-order valence-corrected chi connectivity index (χ1v) is 8.17. The molecule has 0 saturated carbocycles. The third kappa shape index (κ3) is 3.82. The van der Waals surface area contributed by atoms with Gasteiger partial charge in [-0.2, -0.15) is 0 Å². The summed E-state index contributed by atoms with van der Waals surface area (Å²) in [5.41, 5.74) is 0.763. The Bertz CT molecular complexity index is 599. The number of carbonyl (C=O) groups is 2. The SMILES string of the molecule is CCCOC(=O)C(C(=O)OCCC)c1nc2ccccc2s1. The Labute approximate surface area is 133 Å². The Kier molecular flexibility index (Phi) is 5.89. The van der Waals surface area contributed by atoms with Crippen LogP contribution in [-0.4, -0.2) is 30.1 Å². The van der Waals surface area contributed by atoms with Gasteiger partial charge in [0, 0.05) is 0 Å². The zero-order valence-electron chi connectivity index (χ0n) is 12.7. The van der Waals surface area contributed by atoms with Crippen LogP contribution in [0.2, 0.25) is 0 Å². The van der Waals surface area contributed by atoms with Crippen molar-refractivity contribution in [3.05, 3.63) is 29.3 Å². The number of hydrogen-bond donors (Lipinski definition) is 0. The van der Waals surface area contributed by atoms with Gasteiger partial charge in [0.2, 0.25) is 5.92 Å². The van der Waals surface area contributed by atoms with Crippen molar-refractivity contribution in [2.24, 2.45) is 0 Å². The highest BCUT2D eigenvalue weighted by Crippen LogP contribution is 2.29. The van der Waals surface area contributed by atoms with Crippen LogP contribution >= 0.6 is 11.3 Å². The molecule has 0 N–H and O–H groups in total. The van der Waals surface area contributed by atoms with Crippen molar-refractivity contribution < 1.29 is 19.1 Å². The minimum atomic E-state index is -1.10. The lowest BCUT2D eigenvalue weighted by molar-refractivity contribution is -0.157. The van der Waals surface area contributed by atoms with Crippen LogP contribution in [0.25, 0.3) is 10.2 Å². The third-order valence-corrected chi connectivity index (χ3v) is 4.03. The smallest absolute Gasteiger partial charge is 0.327 e. The van der Waals surface area contributed by atoms with Gasteiger partial charge in [0.25, 0.3) is 0 Å². The number of fused-ring (bicyclic) bond motifs is 1. The minimum Gasteiger partial charge on any atom is -0.465 e. The van der Waals surface area contributed by atoms with Crippen molar-refractivity contribution in [2.75, 3.05) is 13.2 Å². The van der Waals surface area contributed by atoms with Crippen molar-refractivity contribution in [3.63, 3.8) is 0 Å². The molecule has 0 atom stereocenters. The summed E-state index contributed by atoms with van der Waals surface area (Å²) < 4.78 is 11.2. The number of nitrogens with zero attached hydrogens (tertiary/aromatic N) is 1. The van der Waals surface area contributed by atoms with E-state index in [4.69, 9.17) is 9.47 Å². The van der Waals surface area contributed by atoms with E-state index in [1.54, 1.807) is 0 Å². The number of aromatic nitrogens is 1. The Morgan fingerprint density at radius 2 is 1.68 bits per heavy atom. The Hall–Kier alpha value is -1.95. The summed E-state index contributed by atoms with van der Waals surface area (Å²) in [5.74, 6) is -2.29. The lowest BCUT2D eigenvalue weighted by atomic mass is 10.1. The molecule has 0 aliphatic rings. The summed E-state index contributed by atoms with van der Waals surface area (Å²) >= 11 is 1.32. The number of carbonyl (C=O) groups excluding carboxylic acids is 2. The molecule has 6 heteroatoms. The average Bonchev–Trinajstić information content (AvgIpc) is 2.94. The van der Waals surface area contributed by atoms with E-state index in [2.05, 4.69) is 4.98 Å². The van der Waals surface area contributed by atoms with Crippen molar-refractivity contribution >= 4 is 33.5 Å². The van der Waals surface area contributed by atoms with E-state index in [0.29, 0.717) is 17.8 Å². The first-order chi connectivity index (χ1) is 10.7. The molecule has 0 aliphatic heterocycles. The van der Waals surface area contributed by atoms with Crippen LogP contribution in [0.15, 0.2) is 24.3 Å². The lowest BCUT2D eigenvalue weighted by Crippen LogP contribution is -2.26. The summed E-state index contributed by atoms with van der Waals surface area (Å²) in [6.45, 7) is 4.35. The highest BCUT2D eigenvalue weighted by atomic mass is 32.1. The molecule has 0 amide bonds. The van der Waals surface area contributed by atoms with Gasteiger partial charge in [0.15, 0.2) is 0 Å². The predicted molar refractivity (Wildman–Crippen MR) is 84.9 cm³/mol. The van der Waals surface area contributed by atoms with Gasteiger partial charge in [-0.05, 0) is 25.0 Å². The molecule has 0 bridgehead atoms. The topological polar surface area (TPSA) is 65.5 Å². The zero-order valence-corrected chi connectivity index (χ0v) is 13.5. The average molecular weight is 321 g/mol. The Morgan fingerprint density at radius 1 is 1.09 bits per heavy atom. The Morgan fingerprint density at radius 3 is 2.23 bits per heavy atom. The highest BCUT2D eigenvalue weighted by Gasteiger charge is 2.34. The third-order valence-electron chi connectivity index (χ3n) is 2.93. The van der Waals surface area contributed by atoms with Gasteiger partial charge in [0.1, 0.15) is 5.01 Å². The largest absolute Gasteiger partial charge is 0.465 e. The van der Waals surface area contributed by atoms with Gasteiger partial charge < -0.3 is 9.47 Å². The monoisotopic (exact) mass is 321 g/mol. The second kappa shape index (κ2) is 7.89. The number of benzene rings is 1. The van der Waals surface area contributed by atoms with Crippen molar-refractivity contribution in [1.82, 2.24) is 4.98 Å². The Balaban J connectivity index is 2.29. The van der Waals surface area contributed by atoms with Gasteiger partial charge in [-0.25, -0.2) is 4.98 Å². The van der Waals surface area contributed by atoms with Crippen LogP contribution in [0.3, 0.4) is 0 Å². The van der Waals surface area contributed by atoms with Crippen LogP contribution < -0.4 is 0 Å². The highest BCUT2D eigenvalue weighted by molar-refractivity contribution is 7.18. The predicted octanol–water partition coefficient (Wildman–Crippen LogP) is 3.29. The van der Waals surface area contributed by atoms with E-state index < -0.39 is 17.9 Å². The fraction of sp³-hybridized carbons (Fsp3) is 0.438. The molecular weight excluding hydrogens is 302 g/mol.